The van der Waals surface area contributed by atoms with Crippen molar-refractivity contribution in [3.63, 3.8) is 0 Å². The Kier molecular flexibility index (Phi) is 2.11. The number of hydrogen-bond donors (Lipinski definition) is 1. The summed E-state index contributed by atoms with van der Waals surface area (Å²) in [5, 5.41) is 3.42. The maximum Gasteiger partial charge on any atom is 0.0776 e. The van der Waals surface area contributed by atoms with Crippen LogP contribution in [-0.4, -0.2) is 38.0 Å². The molecule has 2 saturated heterocycles. The molecule has 2 heterocycles. The van der Waals surface area contributed by atoms with Gasteiger partial charge in [-0.1, -0.05) is 0 Å². The van der Waals surface area contributed by atoms with Crippen molar-refractivity contribution in [1.29, 1.82) is 0 Å². The predicted molar refractivity (Wildman–Crippen MR) is 41.6 cm³/mol. The van der Waals surface area contributed by atoms with Crippen LogP contribution in [0.1, 0.15) is 13.3 Å². The lowest BCUT2D eigenvalue weighted by molar-refractivity contribution is -0.109. The molecule has 2 aliphatic heterocycles. The molecule has 0 radical (unpaired) electrons. The van der Waals surface area contributed by atoms with Crippen molar-refractivity contribution in [2.75, 3.05) is 19.8 Å². The van der Waals surface area contributed by atoms with E-state index in [0.717, 1.165) is 26.2 Å². The van der Waals surface area contributed by atoms with E-state index in [1.54, 1.807) is 0 Å². The van der Waals surface area contributed by atoms with Gasteiger partial charge < -0.3 is 14.8 Å². The molecule has 2 rings (SSSR count). The standard InChI is InChI=1S/C8H15NO2/c1-6-4-9-7-5-10-3-2-8(7)11-6/h6-9H,2-5H2,1H3/t6-,7+,8-/m1/s1. The number of nitrogens with one attached hydrogen (secondary N) is 1. The fourth-order valence-electron chi connectivity index (χ4n) is 1.74. The number of ether oxygens (including phenoxy) is 2. The molecule has 0 aliphatic carbocycles. The zero-order valence-corrected chi connectivity index (χ0v) is 6.88. The Morgan fingerprint density at radius 1 is 1.45 bits per heavy atom. The predicted octanol–water partition coefficient (Wildman–Crippen LogP) is 0.152. The summed E-state index contributed by atoms with van der Waals surface area (Å²) >= 11 is 0. The summed E-state index contributed by atoms with van der Waals surface area (Å²) in [6.45, 7) is 4.75. The summed E-state index contributed by atoms with van der Waals surface area (Å²) in [7, 11) is 0. The summed E-state index contributed by atoms with van der Waals surface area (Å²) in [5.41, 5.74) is 0. The number of rotatable bonds is 0. The average Bonchev–Trinajstić information content (AvgIpc) is 2.04. The Labute approximate surface area is 67.1 Å². The normalized spacial score (nSPS) is 45.0. The lowest BCUT2D eigenvalue weighted by Gasteiger charge is -2.38. The molecule has 0 spiro atoms. The zero-order valence-electron chi connectivity index (χ0n) is 6.88. The molecule has 0 aromatic carbocycles. The molecule has 0 unspecified atom stereocenters. The molecule has 0 aromatic heterocycles. The summed E-state index contributed by atoms with van der Waals surface area (Å²) in [6, 6.07) is 0.444. The second-order valence-corrected chi connectivity index (χ2v) is 3.36. The number of hydrogen-bond acceptors (Lipinski definition) is 3. The minimum Gasteiger partial charge on any atom is -0.380 e. The van der Waals surface area contributed by atoms with Gasteiger partial charge in [-0.15, -0.1) is 0 Å². The van der Waals surface area contributed by atoms with E-state index in [1.807, 2.05) is 0 Å². The largest absolute Gasteiger partial charge is 0.380 e. The van der Waals surface area contributed by atoms with Gasteiger partial charge in [0, 0.05) is 13.2 Å². The van der Waals surface area contributed by atoms with E-state index in [2.05, 4.69) is 12.2 Å². The van der Waals surface area contributed by atoms with Gasteiger partial charge in [0.05, 0.1) is 24.9 Å². The van der Waals surface area contributed by atoms with Crippen LogP contribution in [0.3, 0.4) is 0 Å². The fraction of sp³-hybridized carbons (Fsp3) is 1.00. The van der Waals surface area contributed by atoms with Crippen LogP contribution < -0.4 is 5.32 Å². The van der Waals surface area contributed by atoms with Gasteiger partial charge in [0.2, 0.25) is 0 Å². The van der Waals surface area contributed by atoms with Crippen molar-refractivity contribution < 1.29 is 9.47 Å². The molecule has 0 bridgehead atoms. The summed E-state index contributed by atoms with van der Waals surface area (Å²) < 4.78 is 11.1. The van der Waals surface area contributed by atoms with Gasteiger partial charge in [0.25, 0.3) is 0 Å². The highest BCUT2D eigenvalue weighted by molar-refractivity contribution is 4.85. The first-order chi connectivity index (χ1) is 5.36. The molecule has 2 fully saturated rings. The quantitative estimate of drug-likeness (QED) is 0.543. The third kappa shape index (κ3) is 1.55. The summed E-state index contributed by atoms with van der Waals surface area (Å²) in [6.07, 6.45) is 1.81. The second-order valence-electron chi connectivity index (χ2n) is 3.36. The van der Waals surface area contributed by atoms with Crippen LogP contribution in [0.5, 0.6) is 0 Å². The van der Waals surface area contributed by atoms with E-state index in [9.17, 15) is 0 Å². The molecule has 0 saturated carbocycles. The summed E-state index contributed by atoms with van der Waals surface area (Å²) in [5.74, 6) is 0. The van der Waals surface area contributed by atoms with Crippen LogP contribution in [0.2, 0.25) is 0 Å². The molecule has 2 aliphatic rings. The molecule has 3 heteroatoms. The Bertz CT molecular complexity index is 140. The van der Waals surface area contributed by atoms with Gasteiger partial charge in [-0.05, 0) is 13.3 Å². The molecule has 3 atom stereocenters. The van der Waals surface area contributed by atoms with Crippen LogP contribution in [0.15, 0.2) is 0 Å². The zero-order chi connectivity index (χ0) is 7.68. The highest BCUT2D eigenvalue weighted by Gasteiger charge is 2.31. The van der Waals surface area contributed by atoms with Crippen molar-refractivity contribution in [2.45, 2.75) is 31.6 Å². The van der Waals surface area contributed by atoms with E-state index in [0.29, 0.717) is 18.2 Å². The van der Waals surface area contributed by atoms with Crippen molar-refractivity contribution in [2.24, 2.45) is 0 Å². The van der Waals surface area contributed by atoms with Gasteiger partial charge in [-0.3, -0.25) is 0 Å². The maximum absolute atomic E-state index is 5.75. The molecule has 0 amide bonds. The Morgan fingerprint density at radius 2 is 2.36 bits per heavy atom. The van der Waals surface area contributed by atoms with E-state index in [-0.39, 0.29) is 0 Å². The van der Waals surface area contributed by atoms with Crippen LogP contribution >= 0.6 is 0 Å². The van der Waals surface area contributed by atoms with E-state index in [4.69, 9.17) is 9.47 Å². The smallest absolute Gasteiger partial charge is 0.0776 e. The fourth-order valence-corrected chi connectivity index (χ4v) is 1.74. The highest BCUT2D eigenvalue weighted by Crippen LogP contribution is 2.17. The first-order valence-corrected chi connectivity index (χ1v) is 4.33. The lowest BCUT2D eigenvalue weighted by atomic mass is 10.0. The van der Waals surface area contributed by atoms with Gasteiger partial charge in [-0.2, -0.15) is 0 Å². The van der Waals surface area contributed by atoms with Gasteiger partial charge >= 0.3 is 0 Å². The van der Waals surface area contributed by atoms with Crippen molar-refractivity contribution in [3.05, 3.63) is 0 Å². The van der Waals surface area contributed by atoms with Crippen LogP contribution in [-0.2, 0) is 9.47 Å². The Hall–Kier alpha value is -0.120. The molecule has 0 aromatic rings. The van der Waals surface area contributed by atoms with Crippen molar-refractivity contribution >= 4 is 0 Å². The molecular weight excluding hydrogens is 142 g/mol. The van der Waals surface area contributed by atoms with E-state index in [1.165, 1.54) is 0 Å². The first kappa shape index (κ1) is 7.53. The van der Waals surface area contributed by atoms with Gasteiger partial charge in [-0.25, -0.2) is 0 Å². The van der Waals surface area contributed by atoms with Gasteiger partial charge in [0.15, 0.2) is 0 Å². The number of fused-ring (bicyclic) bond motifs is 1. The monoisotopic (exact) mass is 157 g/mol. The number of morpholine rings is 1. The molecule has 64 valence electrons. The Balaban J connectivity index is 1.93. The third-order valence-corrected chi connectivity index (χ3v) is 2.37. The van der Waals surface area contributed by atoms with Crippen molar-refractivity contribution in [1.82, 2.24) is 5.32 Å². The topological polar surface area (TPSA) is 30.5 Å². The van der Waals surface area contributed by atoms with Gasteiger partial charge in [0.1, 0.15) is 0 Å². The van der Waals surface area contributed by atoms with Crippen LogP contribution in [0, 0.1) is 0 Å². The Morgan fingerprint density at radius 3 is 3.27 bits per heavy atom. The molecule has 11 heavy (non-hydrogen) atoms. The van der Waals surface area contributed by atoms with Crippen LogP contribution in [0.4, 0.5) is 0 Å². The second kappa shape index (κ2) is 3.09. The van der Waals surface area contributed by atoms with Crippen molar-refractivity contribution in [3.8, 4) is 0 Å². The highest BCUT2D eigenvalue weighted by atomic mass is 16.5. The van der Waals surface area contributed by atoms with Crippen LogP contribution in [0.25, 0.3) is 0 Å². The molecule has 3 nitrogen and oxygen atoms in total. The first-order valence-electron chi connectivity index (χ1n) is 4.33. The lowest BCUT2D eigenvalue weighted by Crippen LogP contribution is -2.56. The minimum absolute atomic E-state index is 0.370. The SMILES string of the molecule is C[C@@H]1CN[C@H]2COCC[C@H]2O1. The molecular formula is C8H15NO2. The van der Waals surface area contributed by atoms with E-state index >= 15 is 0 Å². The molecule has 1 N–H and O–H groups in total. The maximum atomic E-state index is 5.75. The third-order valence-electron chi connectivity index (χ3n) is 2.37. The minimum atomic E-state index is 0.370. The summed E-state index contributed by atoms with van der Waals surface area (Å²) in [4.78, 5) is 0. The average molecular weight is 157 g/mol. The van der Waals surface area contributed by atoms with E-state index < -0.39 is 0 Å².